The van der Waals surface area contributed by atoms with Crippen molar-refractivity contribution in [3.05, 3.63) is 70.3 Å². The second kappa shape index (κ2) is 5.37. The lowest BCUT2D eigenvalue weighted by molar-refractivity contribution is 0.982. The van der Waals surface area contributed by atoms with Crippen molar-refractivity contribution >= 4 is 45.7 Å². The van der Waals surface area contributed by atoms with Gasteiger partial charge in [-0.3, -0.25) is 5.43 Å². The van der Waals surface area contributed by atoms with Gasteiger partial charge in [0.05, 0.1) is 15.6 Å². The first-order chi connectivity index (χ1) is 9.25. The molecule has 2 aromatic carbocycles. The van der Waals surface area contributed by atoms with E-state index in [9.17, 15) is 0 Å². The van der Waals surface area contributed by atoms with E-state index >= 15 is 0 Å². The molecule has 1 heterocycles. The maximum Gasteiger partial charge on any atom is 0.0890 e. The number of halogens is 2. The fraction of sp³-hybridized carbons (Fsp3) is 0. The van der Waals surface area contributed by atoms with Crippen molar-refractivity contribution in [2.75, 3.05) is 4.41 Å². The van der Waals surface area contributed by atoms with Gasteiger partial charge in [0.1, 0.15) is 0 Å². The summed E-state index contributed by atoms with van der Waals surface area (Å²) < 4.78 is 1.92. The lowest BCUT2D eigenvalue weighted by Crippen LogP contribution is -2.22. The first-order valence-electron chi connectivity index (χ1n) is 5.69. The zero-order valence-corrected chi connectivity index (χ0v) is 12.1. The van der Waals surface area contributed by atoms with E-state index in [-0.39, 0.29) is 0 Å². The molecule has 5 heteroatoms. The summed E-state index contributed by atoms with van der Waals surface area (Å²) in [4.78, 5) is 1.06. The van der Waals surface area contributed by atoms with E-state index in [2.05, 4.69) is 5.43 Å². The Balaban J connectivity index is 1.85. The Morgan fingerprint density at radius 3 is 2.32 bits per heavy atom. The largest absolute Gasteiger partial charge is 0.294 e. The molecule has 0 unspecified atom stereocenters. The average molecular weight is 309 g/mol. The van der Waals surface area contributed by atoms with Crippen LogP contribution in [0.25, 0.3) is 4.91 Å². The Morgan fingerprint density at radius 2 is 1.58 bits per heavy atom. The lowest BCUT2D eigenvalue weighted by Gasteiger charge is -2.18. The van der Waals surface area contributed by atoms with Gasteiger partial charge in [-0.1, -0.05) is 53.5 Å². The molecule has 96 valence electrons. The minimum absolute atomic E-state index is 0.705. The fourth-order valence-corrected chi connectivity index (χ4v) is 3.30. The van der Waals surface area contributed by atoms with Crippen LogP contribution in [0.2, 0.25) is 10.0 Å². The summed E-state index contributed by atoms with van der Waals surface area (Å²) in [5.41, 5.74) is 5.11. The van der Waals surface area contributed by atoms with Crippen LogP contribution in [0, 0.1) is 0 Å². The highest BCUT2D eigenvalue weighted by Crippen LogP contribution is 2.41. The third kappa shape index (κ3) is 2.54. The topological polar surface area (TPSA) is 15.3 Å². The third-order valence-corrected chi connectivity index (χ3v) is 4.38. The number of hydrogen-bond acceptors (Lipinski definition) is 3. The molecular weight excluding hydrogens is 299 g/mol. The van der Waals surface area contributed by atoms with E-state index in [4.69, 9.17) is 23.2 Å². The molecule has 0 radical (unpaired) electrons. The molecule has 0 atom stereocenters. The van der Waals surface area contributed by atoms with E-state index in [1.54, 1.807) is 11.9 Å². The first kappa shape index (κ1) is 12.7. The standard InChI is InChI=1S/C14H10Cl2N2S/c15-11-6-2-1-5-10(11)14-9-17-18(19-14)13-8-4-3-7-12(13)16/h1-9,17H. The Labute approximate surface area is 126 Å². The van der Waals surface area contributed by atoms with E-state index in [1.807, 2.05) is 59.1 Å². The quantitative estimate of drug-likeness (QED) is 0.789. The Bertz CT molecular complexity index is 643. The van der Waals surface area contributed by atoms with Crippen LogP contribution in [0.4, 0.5) is 5.69 Å². The van der Waals surface area contributed by atoms with Gasteiger partial charge < -0.3 is 0 Å². The zero-order chi connectivity index (χ0) is 13.2. The second-order valence-corrected chi connectivity index (χ2v) is 5.76. The summed E-state index contributed by atoms with van der Waals surface area (Å²) in [7, 11) is 0. The summed E-state index contributed by atoms with van der Waals surface area (Å²) in [6, 6.07) is 15.5. The second-order valence-electron chi connectivity index (χ2n) is 3.95. The number of hydrazine groups is 1. The van der Waals surface area contributed by atoms with Crippen molar-refractivity contribution in [3.63, 3.8) is 0 Å². The van der Waals surface area contributed by atoms with Crippen LogP contribution in [0.15, 0.2) is 54.7 Å². The highest BCUT2D eigenvalue weighted by molar-refractivity contribution is 8.09. The van der Waals surface area contributed by atoms with Crippen molar-refractivity contribution in [2.45, 2.75) is 0 Å². The predicted octanol–water partition coefficient (Wildman–Crippen LogP) is 4.96. The predicted molar refractivity (Wildman–Crippen MR) is 84.1 cm³/mol. The van der Waals surface area contributed by atoms with Crippen molar-refractivity contribution in [1.82, 2.24) is 5.43 Å². The average Bonchev–Trinajstić information content (AvgIpc) is 2.89. The molecular formula is C14H10Cl2N2S. The Hall–Kier alpha value is -1.29. The fourth-order valence-electron chi connectivity index (χ4n) is 1.79. The summed E-state index contributed by atoms with van der Waals surface area (Å²) in [6.45, 7) is 0. The van der Waals surface area contributed by atoms with Gasteiger partial charge >= 0.3 is 0 Å². The number of nitrogens with zero attached hydrogens (tertiary/aromatic N) is 1. The van der Waals surface area contributed by atoms with Crippen LogP contribution in [0.3, 0.4) is 0 Å². The van der Waals surface area contributed by atoms with Crippen LogP contribution >= 0.6 is 35.1 Å². The molecule has 0 saturated heterocycles. The Kier molecular flexibility index (Phi) is 3.60. The van der Waals surface area contributed by atoms with Gasteiger partial charge in [0.2, 0.25) is 0 Å². The summed E-state index contributed by atoms with van der Waals surface area (Å²) in [6.07, 6.45) is 1.93. The van der Waals surface area contributed by atoms with Gasteiger partial charge in [0, 0.05) is 28.7 Å². The van der Waals surface area contributed by atoms with E-state index in [1.165, 1.54) is 0 Å². The SMILES string of the molecule is Clc1ccccc1C1=CNN(c2ccccc2Cl)S1. The highest BCUT2D eigenvalue weighted by Gasteiger charge is 2.20. The van der Waals surface area contributed by atoms with Gasteiger partial charge in [-0.2, -0.15) is 0 Å². The van der Waals surface area contributed by atoms with Gasteiger partial charge in [-0.05, 0) is 18.2 Å². The summed E-state index contributed by atoms with van der Waals surface area (Å²) >= 11 is 13.9. The molecule has 1 aliphatic rings. The van der Waals surface area contributed by atoms with Gasteiger partial charge in [0.15, 0.2) is 0 Å². The number of benzene rings is 2. The number of hydrogen-bond donors (Lipinski definition) is 1. The van der Waals surface area contributed by atoms with Crippen LogP contribution in [-0.4, -0.2) is 0 Å². The molecule has 2 aromatic rings. The molecule has 1 N–H and O–H groups in total. The van der Waals surface area contributed by atoms with Gasteiger partial charge in [-0.15, -0.1) is 0 Å². The van der Waals surface area contributed by atoms with Crippen molar-refractivity contribution in [3.8, 4) is 0 Å². The molecule has 0 bridgehead atoms. The minimum atomic E-state index is 0.705. The number of nitrogens with one attached hydrogen (secondary N) is 1. The molecule has 2 nitrogen and oxygen atoms in total. The lowest BCUT2D eigenvalue weighted by atomic mass is 10.2. The van der Waals surface area contributed by atoms with Crippen LogP contribution in [0.5, 0.6) is 0 Å². The van der Waals surface area contributed by atoms with Crippen LogP contribution in [-0.2, 0) is 0 Å². The van der Waals surface area contributed by atoms with E-state index < -0.39 is 0 Å². The maximum absolute atomic E-state index is 6.20. The van der Waals surface area contributed by atoms with Crippen LogP contribution < -0.4 is 9.84 Å². The Morgan fingerprint density at radius 1 is 0.895 bits per heavy atom. The van der Waals surface area contributed by atoms with Gasteiger partial charge in [0.25, 0.3) is 0 Å². The molecule has 0 fully saturated rings. The molecule has 3 rings (SSSR count). The molecule has 19 heavy (non-hydrogen) atoms. The molecule has 1 aliphatic heterocycles. The smallest absolute Gasteiger partial charge is 0.0890 e. The highest BCUT2D eigenvalue weighted by atomic mass is 35.5. The molecule has 0 aliphatic carbocycles. The van der Waals surface area contributed by atoms with E-state index in [0.717, 1.165) is 21.2 Å². The van der Waals surface area contributed by atoms with Crippen molar-refractivity contribution < 1.29 is 0 Å². The third-order valence-electron chi connectivity index (χ3n) is 2.71. The van der Waals surface area contributed by atoms with Gasteiger partial charge in [-0.25, -0.2) is 4.41 Å². The monoisotopic (exact) mass is 308 g/mol. The van der Waals surface area contributed by atoms with Crippen molar-refractivity contribution in [2.24, 2.45) is 0 Å². The normalized spacial score (nSPS) is 14.2. The molecule has 0 amide bonds. The summed E-state index contributed by atoms with van der Waals surface area (Å²) in [5, 5.41) is 1.44. The summed E-state index contributed by atoms with van der Waals surface area (Å²) in [5.74, 6) is 0. The zero-order valence-electron chi connectivity index (χ0n) is 9.81. The number of para-hydroxylation sites is 1. The molecule has 0 saturated carbocycles. The maximum atomic E-state index is 6.20. The minimum Gasteiger partial charge on any atom is -0.294 e. The molecule has 0 aromatic heterocycles. The number of anilines is 1. The van der Waals surface area contributed by atoms with E-state index in [0.29, 0.717) is 5.02 Å². The number of rotatable bonds is 2. The van der Waals surface area contributed by atoms with Crippen LogP contribution in [0.1, 0.15) is 5.56 Å². The molecule has 0 spiro atoms. The van der Waals surface area contributed by atoms with Crippen molar-refractivity contribution in [1.29, 1.82) is 0 Å². The first-order valence-corrected chi connectivity index (χ1v) is 7.22.